The Labute approximate surface area is 139 Å². The second-order valence-corrected chi connectivity index (χ2v) is 5.31. The van der Waals surface area contributed by atoms with Crippen LogP contribution in [0.5, 0.6) is 11.5 Å². The number of hydrogen-bond donors (Lipinski definition) is 0. The van der Waals surface area contributed by atoms with Crippen molar-refractivity contribution in [1.29, 1.82) is 0 Å². The third-order valence-corrected chi connectivity index (χ3v) is 3.32. The molecule has 0 unspecified atom stereocenters. The van der Waals surface area contributed by atoms with E-state index in [1.807, 2.05) is 13.0 Å². The van der Waals surface area contributed by atoms with Crippen LogP contribution in [0.1, 0.15) is 11.5 Å². The van der Waals surface area contributed by atoms with Gasteiger partial charge < -0.3 is 9.26 Å². The molecule has 0 spiro atoms. The van der Waals surface area contributed by atoms with Crippen molar-refractivity contribution in [1.82, 2.24) is 10.1 Å². The predicted molar refractivity (Wildman–Crippen MR) is 79.8 cm³/mol. The maximum Gasteiger partial charge on any atom is 0.471 e. The number of aryl methyl sites for hydroxylation is 1. The van der Waals surface area contributed by atoms with E-state index in [1.54, 1.807) is 12.1 Å². The van der Waals surface area contributed by atoms with E-state index in [1.165, 1.54) is 18.2 Å². The van der Waals surface area contributed by atoms with Crippen LogP contribution in [0.2, 0.25) is 5.02 Å². The van der Waals surface area contributed by atoms with E-state index >= 15 is 0 Å². The number of hydrogen-bond acceptors (Lipinski definition) is 4. The number of ether oxygens (including phenoxy) is 1. The third kappa shape index (κ3) is 3.51. The zero-order valence-electron chi connectivity index (χ0n) is 12.2. The maximum atomic E-state index is 12.5. The zero-order valence-corrected chi connectivity index (χ0v) is 12.9. The normalized spacial score (nSPS) is 11.5. The highest BCUT2D eigenvalue weighted by molar-refractivity contribution is 6.32. The average Bonchev–Trinajstić information content (AvgIpc) is 3.01. The number of alkyl halides is 3. The van der Waals surface area contributed by atoms with Gasteiger partial charge in [-0.2, -0.15) is 18.2 Å². The molecule has 0 aliphatic heterocycles. The summed E-state index contributed by atoms with van der Waals surface area (Å²) in [5.41, 5.74) is 1.24. The summed E-state index contributed by atoms with van der Waals surface area (Å²) in [6.07, 6.45) is -4.69. The van der Waals surface area contributed by atoms with Gasteiger partial charge in [-0.15, -0.1) is 0 Å². The monoisotopic (exact) mass is 353 g/mol. The van der Waals surface area contributed by atoms with Gasteiger partial charge >= 0.3 is 12.1 Å². The minimum absolute atomic E-state index is 0.198. The van der Waals surface area contributed by atoms with Crippen molar-refractivity contribution in [3.8, 4) is 22.9 Å². The van der Waals surface area contributed by atoms with Crippen molar-refractivity contribution in [3.05, 3.63) is 58.9 Å². The quantitative estimate of drug-likeness (QED) is 0.640. The maximum absolute atomic E-state index is 12.5. The molecule has 1 radical (unpaired) electrons. The van der Waals surface area contributed by atoms with Gasteiger partial charge in [-0.25, -0.2) is 0 Å². The minimum Gasteiger partial charge on any atom is -0.455 e. The fraction of sp³-hybridized carbons (Fsp3) is 0.125. The Hall–Kier alpha value is -2.54. The fourth-order valence-corrected chi connectivity index (χ4v) is 2.06. The summed E-state index contributed by atoms with van der Waals surface area (Å²) in [5.74, 6) is -0.932. The number of nitrogens with zero attached hydrogens (tertiary/aromatic N) is 2. The van der Waals surface area contributed by atoms with E-state index in [-0.39, 0.29) is 11.6 Å². The number of rotatable bonds is 3. The molecule has 0 aliphatic carbocycles. The molecule has 8 heteroatoms. The predicted octanol–water partition coefficient (Wildman–Crippen LogP) is 5.31. The second kappa shape index (κ2) is 6.16. The lowest BCUT2D eigenvalue weighted by Gasteiger charge is -2.08. The lowest BCUT2D eigenvalue weighted by atomic mass is 10.2. The Kier molecular flexibility index (Phi) is 4.19. The van der Waals surface area contributed by atoms with Crippen molar-refractivity contribution in [2.75, 3.05) is 0 Å². The fourth-order valence-electron chi connectivity index (χ4n) is 1.91. The molecule has 0 bridgehead atoms. The largest absolute Gasteiger partial charge is 0.471 e. The van der Waals surface area contributed by atoms with Crippen LogP contribution in [0.15, 0.2) is 40.9 Å². The highest BCUT2D eigenvalue weighted by atomic mass is 35.5. The highest BCUT2D eigenvalue weighted by Crippen LogP contribution is 2.33. The molecule has 3 aromatic rings. The minimum atomic E-state index is -4.69. The molecule has 1 heterocycles. The Morgan fingerprint density at radius 2 is 2.00 bits per heavy atom. The molecule has 1 aromatic heterocycles. The van der Waals surface area contributed by atoms with E-state index in [4.69, 9.17) is 16.3 Å². The number of halogens is 4. The van der Waals surface area contributed by atoms with E-state index < -0.39 is 12.1 Å². The van der Waals surface area contributed by atoms with Crippen LogP contribution in [-0.2, 0) is 6.18 Å². The number of benzene rings is 2. The summed E-state index contributed by atoms with van der Waals surface area (Å²) in [5, 5.41) is 3.73. The van der Waals surface area contributed by atoms with Crippen molar-refractivity contribution in [2.45, 2.75) is 13.1 Å². The van der Waals surface area contributed by atoms with E-state index in [0.717, 1.165) is 5.56 Å². The molecule has 24 heavy (non-hydrogen) atoms. The van der Waals surface area contributed by atoms with Gasteiger partial charge in [-0.1, -0.05) is 28.9 Å². The SMILES string of the molecule is Cc1ccc(Cl)c(Oc2[c]ccc(-c3noc(C(F)(F)F)n3)c2)c1. The van der Waals surface area contributed by atoms with Crippen LogP contribution in [0, 0.1) is 13.0 Å². The summed E-state index contributed by atoms with van der Waals surface area (Å²) in [4.78, 5) is 3.33. The molecule has 0 amide bonds. The van der Waals surface area contributed by atoms with Gasteiger partial charge in [0.05, 0.1) is 5.02 Å². The Bertz CT molecular complexity index is 878. The van der Waals surface area contributed by atoms with Crippen molar-refractivity contribution >= 4 is 11.6 Å². The first-order valence-corrected chi connectivity index (χ1v) is 7.08. The van der Waals surface area contributed by atoms with Crippen molar-refractivity contribution < 1.29 is 22.4 Å². The summed E-state index contributed by atoms with van der Waals surface area (Å²) in [6, 6.07) is 12.5. The van der Waals surface area contributed by atoms with Gasteiger partial charge in [0.15, 0.2) is 0 Å². The van der Waals surface area contributed by atoms with Crippen LogP contribution in [0.4, 0.5) is 13.2 Å². The molecule has 123 valence electrons. The first kappa shape index (κ1) is 16.3. The molecular weight excluding hydrogens is 345 g/mol. The smallest absolute Gasteiger partial charge is 0.455 e. The molecule has 4 nitrogen and oxygen atoms in total. The first-order chi connectivity index (χ1) is 11.3. The molecule has 2 aromatic carbocycles. The molecule has 0 saturated carbocycles. The molecule has 0 fully saturated rings. The first-order valence-electron chi connectivity index (χ1n) is 6.70. The molecule has 3 rings (SSSR count). The average molecular weight is 354 g/mol. The topological polar surface area (TPSA) is 48.2 Å². The Morgan fingerprint density at radius 3 is 2.71 bits per heavy atom. The van der Waals surface area contributed by atoms with Crippen molar-refractivity contribution in [2.24, 2.45) is 0 Å². The van der Waals surface area contributed by atoms with Gasteiger partial charge in [0.1, 0.15) is 11.5 Å². The van der Waals surface area contributed by atoms with Gasteiger partial charge in [0.25, 0.3) is 0 Å². The summed E-state index contributed by atoms with van der Waals surface area (Å²) >= 11 is 6.05. The Balaban J connectivity index is 1.89. The Morgan fingerprint density at radius 1 is 1.21 bits per heavy atom. The molecule has 0 saturated heterocycles. The summed E-state index contributed by atoms with van der Waals surface area (Å²) in [6.45, 7) is 1.88. The van der Waals surface area contributed by atoms with Gasteiger partial charge in [-0.05, 0) is 36.8 Å². The van der Waals surface area contributed by atoms with Crippen LogP contribution < -0.4 is 4.74 Å². The van der Waals surface area contributed by atoms with Gasteiger partial charge in [-0.3, -0.25) is 0 Å². The second-order valence-electron chi connectivity index (χ2n) is 4.90. The summed E-state index contributed by atoms with van der Waals surface area (Å²) in [7, 11) is 0. The lowest BCUT2D eigenvalue weighted by molar-refractivity contribution is -0.159. The van der Waals surface area contributed by atoms with E-state index in [9.17, 15) is 13.2 Å². The summed E-state index contributed by atoms with van der Waals surface area (Å²) < 4.78 is 47.4. The molecular formula is C16H9ClF3N2O2. The van der Waals surface area contributed by atoms with Crippen LogP contribution in [0.25, 0.3) is 11.4 Å². The standard InChI is InChI=1S/C16H9ClF3N2O2/c1-9-5-6-12(17)13(7-9)23-11-4-2-3-10(8-11)14-21-15(24-22-14)16(18,19)20/h2-3,5-8H,1H3. The van der Waals surface area contributed by atoms with Gasteiger partial charge in [0, 0.05) is 11.6 Å². The molecule has 0 atom stereocenters. The third-order valence-electron chi connectivity index (χ3n) is 3.01. The number of aromatic nitrogens is 2. The van der Waals surface area contributed by atoms with E-state index in [0.29, 0.717) is 16.3 Å². The van der Waals surface area contributed by atoms with Crippen LogP contribution in [-0.4, -0.2) is 10.1 Å². The highest BCUT2D eigenvalue weighted by Gasteiger charge is 2.38. The van der Waals surface area contributed by atoms with Crippen molar-refractivity contribution in [3.63, 3.8) is 0 Å². The molecule has 0 aliphatic rings. The van der Waals surface area contributed by atoms with E-state index in [2.05, 4.69) is 20.7 Å². The van der Waals surface area contributed by atoms with Crippen LogP contribution >= 0.6 is 11.6 Å². The van der Waals surface area contributed by atoms with Gasteiger partial charge in [0.2, 0.25) is 5.82 Å². The van der Waals surface area contributed by atoms with Crippen LogP contribution in [0.3, 0.4) is 0 Å². The zero-order chi connectivity index (χ0) is 17.3. The molecule has 0 N–H and O–H groups in total. The lowest BCUT2D eigenvalue weighted by Crippen LogP contribution is -2.04.